The van der Waals surface area contributed by atoms with Crippen molar-refractivity contribution >= 4 is 17.1 Å². The molecule has 0 aliphatic carbocycles. The molecule has 0 amide bonds. The lowest BCUT2D eigenvalue weighted by molar-refractivity contribution is 0.0968. The summed E-state index contributed by atoms with van der Waals surface area (Å²) in [5, 5.41) is 1.91. The number of nitrogens with two attached hydrogens (primary N) is 1. The van der Waals surface area contributed by atoms with Gasteiger partial charge in [-0.25, -0.2) is 0 Å². The second-order valence-electron chi connectivity index (χ2n) is 2.54. The topological polar surface area (TPSA) is 43.1 Å². The Labute approximate surface area is 70.0 Å². The first kappa shape index (κ1) is 8.43. The van der Waals surface area contributed by atoms with Gasteiger partial charge in [-0.1, -0.05) is 0 Å². The van der Waals surface area contributed by atoms with E-state index in [0.29, 0.717) is 0 Å². The molecule has 3 heteroatoms. The van der Waals surface area contributed by atoms with Crippen LogP contribution in [0.25, 0.3) is 0 Å². The number of Topliss-reactive ketones (excluding diaryl/α,β-unsaturated/α-hetero) is 1. The van der Waals surface area contributed by atoms with E-state index in [1.165, 1.54) is 0 Å². The maximum Gasteiger partial charge on any atom is 0.180 e. The minimum atomic E-state index is -0.386. The molecule has 60 valence electrons. The van der Waals surface area contributed by atoms with Gasteiger partial charge in [-0.3, -0.25) is 4.79 Å². The van der Waals surface area contributed by atoms with Gasteiger partial charge in [-0.15, -0.1) is 11.3 Å². The number of ketones is 1. The lowest BCUT2D eigenvalue weighted by atomic mass is 10.1. The minimum absolute atomic E-state index is 0.0313. The Hall–Kier alpha value is -0.670. The molecule has 2 nitrogen and oxygen atoms in total. The van der Waals surface area contributed by atoms with Crippen molar-refractivity contribution in [2.75, 3.05) is 0 Å². The van der Waals surface area contributed by atoms with Crippen LogP contribution in [-0.2, 0) is 0 Å². The first-order valence-corrected chi connectivity index (χ1v) is 4.34. The van der Waals surface area contributed by atoms with Crippen LogP contribution in [0.4, 0.5) is 0 Å². The SMILES string of the molecule is Cc1sccc1C(=O)C(C)N. The molecule has 0 fully saturated rings. The summed E-state index contributed by atoms with van der Waals surface area (Å²) in [6.45, 7) is 3.64. The molecule has 11 heavy (non-hydrogen) atoms. The van der Waals surface area contributed by atoms with Crippen LogP contribution < -0.4 is 5.73 Å². The fourth-order valence-electron chi connectivity index (χ4n) is 0.886. The van der Waals surface area contributed by atoms with Crippen LogP contribution in [0.1, 0.15) is 22.2 Å². The molecule has 0 radical (unpaired) electrons. The molecule has 1 rings (SSSR count). The number of hydrogen-bond donors (Lipinski definition) is 1. The van der Waals surface area contributed by atoms with Crippen molar-refractivity contribution in [2.24, 2.45) is 5.73 Å². The van der Waals surface area contributed by atoms with Gasteiger partial charge in [0.2, 0.25) is 0 Å². The second kappa shape index (κ2) is 3.15. The van der Waals surface area contributed by atoms with Crippen molar-refractivity contribution < 1.29 is 4.79 Å². The normalized spacial score (nSPS) is 13.0. The molecule has 2 N–H and O–H groups in total. The van der Waals surface area contributed by atoms with E-state index in [1.54, 1.807) is 18.3 Å². The number of rotatable bonds is 2. The van der Waals surface area contributed by atoms with Crippen molar-refractivity contribution in [3.05, 3.63) is 21.9 Å². The molecule has 0 spiro atoms. The fourth-order valence-corrected chi connectivity index (χ4v) is 1.59. The Morgan fingerprint density at radius 2 is 2.36 bits per heavy atom. The summed E-state index contributed by atoms with van der Waals surface area (Å²) < 4.78 is 0. The van der Waals surface area contributed by atoms with E-state index in [9.17, 15) is 4.79 Å². The summed E-state index contributed by atoms with van der Waals surface area (Å²) in [5.41, 5.74) is 6.22. The maximum absolute atomic E-state index is 11.3. The molecule has 0 saturated heterocycles. The molecular formula is C8H11NOS. The molecule has 1 unspecified atom stereocenters. The highest BCUT2D eigenvalue weighted by atomic mass is 32.1. The van der Waals surface area contributed by atoms with Crippen molar-refractivity contribution in [3.63, 3.8) is 0 Å². The van der Waals surface area contributed by atoms with Gasteiger partial charge in [0.1, 0.15) is 0 Å². The molecule has 1 atom stereocenters. The van der Waals surface area contributed by atoms with E-state index in [1.807, 2.05) is 18.4 Å². The Balaban J connectivity index is 2.93. The van der Waals surface area contributed by atoms with E-state index < -0.39 is 0 Å². The Morgan fingerprint density at radius 1 is 1.73 bits per heavy atom. The number of thiophene rings is 1. The number of aryl methyl sites for hydroxylation is 1. The van der Waals surface area contributed by atoms with Crippen LogP contribution in [-0.4, -0.2) is 11.8 Å². The van der Waals surface area contributed by atoms with Gasteiger partial charge in [0, 0.05) is 10.4 Å². The highest BCUT2D eigenvalue weighted by Gasteiger charge is 2.13. The van der Waals surface area contributed by atoms with Gasteiger partial charge in [-0.2, -0.15) is 0 Å². The van der Waals surface area contributed by atoms with Crippen LogP contribution in [0.3, 0.4) is 0 Å². The van der Waals surface area contributed by atoms with E-state index >= 15 is 0 Å². The molecule has 0 aliphatic heterocycles. The standard InChI is InChI=1S/C8H11NOS/c1-5(9)8(10)7-3-4-11-6(7)2/h3-5H,9H2,1-2H3. The van der Waals surface area contributed by atoms with Gasteiger partial charge >= 0.3 is 0 Å². The average Bonchev–Trinajstić information content (AvgIpc) is 2.33. The minimum Gasteiger partial charge on any atom is -0.321 e. The van der Waals surface area contributed by atoms with Gasteiger partial charge < -0.3 is 5.73 Å². The Bertz CT molecular complexity index is 265. The van der Waals surface area contributed by atoms with Crippen molar-refractivity contribution in [1.82, 2.24) is 0 Å². The van der Waals surface area contributed by atoms with Crippen LogP contribution in [0.5, 0.6) is 0 Å². The van der Waals surface area contributed by atoms with E-state index in [2.05, 4.69) is 0 Å². The molecule has 0 saturated carbocycles. The van der Waals surface area contributed by atoms with Gasteiger partial charge in [0.25, 0.3) is 0 Å². The van der Waals surface area contributed by atoms with E-state index in [4.69, 9.17) is 5.73 Å². The number of carbonyl (C=O) groups excluding carboxylic acids is 1. The predicted octanol–water partition coefficient (Wildman–Crippen LogP) is 1.59. The van der Waals surface area contributed by atoms with Crippen molar-refractivity contribution in [3.8, 4) is 0 Å². The molecule has 0 aliphatic rings. The highest BCUT2D eigenvalue weighted by Crippen LogP contribution is 2.16. The zero-order valence-corrected chi connectivity index (χ0v) is 7.44. The Kier molecular flexibility index (Phi) is 2.42. The zero-order valence-electron chi connectivity index (χ0n) is 6.63. The monoisotopic (exact) mass is 169 g/mol. The molecule has 1 aromatic rings. The summed E-state index contributed by atoms with van der Waals surface area (Å²) in [6, 6.07) is 1.44. The third-order valence-corrected chi connectivity index (χ3v) is 2.38. The van der Waals surface area contributed by atoms with Gasteiger partial charge in [0.05, 0.1) is 6.04 Å². The third kappa shape index (κ3) is 1.67. The van der Waals surface area contributed by atoms with Crippen LogP contribution in [0, 0.1) is 6.92 Å². The summed E-state index contributed by atoms with van der Waals surface area (Å²) >= 11 is 1.57. The van der Waals surface area contributed by atoms with E-state index in [-0.39, 0.29) is 11.8 Å². The first-order chi connectivity index (χ1) is 5.13. The molecule has 1 aromatic heterocycles. The highest BCUT2D eigenvalue weighted by molar-refractivity contribution is 7.10. The van der Waals surface area contributed by atoms with Gasteiger partial charge in [0.15, 0.2) is 5.78 Å². The first-order valence-electron chi connectivity index (χ1n) is 3.47. The summed E-state index contributed by atoms with van der Waals surface area (Å²) in [5.74, 6) is 0.0313. The molecule has 1 heterocycles. The molecular weight excluding hydrogens is 158 g/mol. The quantitative estimate of drug-likeness (QED) is 0.683. The van der Waals surface area contributed by atoms with Crippen LogP contribution in [0.2, 0.25) is 0 Å². The summed E-state index contributed by atoms with van der Waals surface area (Å²) in [4.78, 5) is 12.4. The number of carbonyl (C=O) groups is 1. The Morgan fingerprint density at radius 3 is 2.73 bits per heavy atom. The van der Waals surface area contributed by atoms with Crippen molar-refractivity contribution in [2.45, 2.75) is 19.9 Å². The molecule has 0 aromatic carbocycles. The third-order valence-electron chi connectivity index (χ3n) is 1.54. The summed E-state index contributed by atoms with van der Waals surface area (Å²) in [7, 11) is 0. The predicted molar refractivity (Wildman–Crippen MR) is 47.0 cm³/mol. The van der Waals surface area contributed by atoms with Gasteiger partial charge in [-0.05, 0) is 25.3 Å². The van der Waals surface area contributed by atoms with Crippen molar-refractivity contribution in [1.29, 1.82) is 0 Å². The fraction of sp³-hybridized carbons (Fsp3) is 0.375. The van der Waals surface area contributed by atoms with Crippen LogP contribution in [0.15, 0.2) is 11.4 Å². The number of hydrogen-bond acceptors (Lipinski definition) is 3. The lowest BCUT2D eigenvalue weighted by Gasteiger charge is -2.01. The van der Waals surface area contributed by atoms with E-state index in [0.717, 1.165) is 10.4 Å². The average molecular weight is 169 g/mol. The largest absolute Gasteiger partial charge is 0.321 e. The smallest absolute Gasteiger partial charge is 0.180 e. The summed E-state index contributed by atoms with van der Waals surface area (Å²) in [6.07, 6.45) is 0. The van der Waals surface area contributed by atoms with Crippen LogP contribution >= 0.6 is 11.3 Å². The molecule has 0 bridgehead atoms. The lowest BCUT2D eigenvalue weighted by Crippen LogP contribution is -2.26. The second-order valence-corrected chi connectivity index (χ2v) is 3.66. The maximum atomic E-state index is 11.3. The zero-order chi connectivity index (χ0) is 8.43.